The summed E-state index contributed by atoms with van der Waals surface area (Å²) in [6.07, 6.45) is 1.31. The smallest absolute Gasteiger partial charge is 0.310 e. The first-order chi connectivity index (χ1) is 10.9. The predicted molar refractivity (Wildman–Crippen MR) is 85.8 cm³/mol. The van der Waals surface area contributed by atoms with E-state index in [1.165, 1.54) is 10.4 Å². The molecule has 0 aromatic heterocycles. The number of hydrogen-bond donors (Lipinski definition) is 0. The summed E-state index contributed by atoms with van der Waals surface area (Å²) < 4.78 is 37.2. The Morgan fingerprint density at radius 3 is 2.74 bits per heavy atom. The minimum atomic E-state index is -3.62. The lowest BCUT2D eigenvalue weighted by atomic mass is 10.0. The van der Waals surface area contributed by atoms with E-state index >= 15 is 0 Å². The number of rotatable bonds is 5. The Balaban J connectivity index is 2.21. The Hall–Kier alpha value is -1.60. The summed E-state index contributed by atoms with van der Waals surface area (Å²) in [5, 5.41) is 0. The minimum Gasteiger partial charge on any atom is -0.496 e. The first-order valence-electron chi connectivity index (χ1n) is 7.71. The molecule has 0 saturated carbocycles. The van der Waals surface area contributed by atoms with Crippen LogP contribution in [0.3, 0.4) is 0 Å². The third kappa shape index (κ3) is 3.84. The first-order valence-corrected chi connectivity index (χ1v) is 9.15. The van der Waals surface area contributed by atoms with Gasteiger partial charge < -0.3 is 9.47 Å². The molecule has 7 heteroatoms. The van der Waals surface area contributed by atoms with Crippen LogP contribution in [0.4, 0.5) is 0 Å². The van der Waals surface area contributed by atoms with Gasteiger partial charge in [-0.15, -0.1) is 0 Å². The van der Waals surface area contributed by atoms with Crippen LogP contribution in [0, 0.1) is 12.8 Å². The Morgan fingerprint density at radius 1 is 1.39 bits per heavy atom. The van der Waals surface area contributed by atoms with Crippen molar-refractivity contribution in [3.8, 4) is 5.75 Å². The zero-order valence-electron chi connectivity index (χ0n) is 13.7. The van der Waals surface area contributed by atoms with E-state index in [0.717, 1.165) is 5.56 Å². The molecule has 0 unspecified atom stereocenters. The van der Waals surface area contributed by atoms with E-state index in [-0.39, 0.29) is 17.4 Å². The lowest BCUT2D eigenvalue weighted by Gasteiger charge is -2.30. The molecule has 6 nitrogen and oxygen atoms in total. The zero-order valence-corrected chi connectivity index (χ0v) is 14.6. The Bertz CT molecular complexity index is 671. The lowest BCUT2D eigenvalue weighted by Crippen LogP contribution is -2.42. The third-order valence-electron chi connectivity index (χ3n) is 4.01. The van der Waals surface area contributed by atoms with Crippen LogP contribution in [-0.2, 0) is 19.6 Å². The van der Waals surface area contributed by atoms with E-state index in [0.29, 0.717) is 31.7 Å². The van der Waals surface area contributed by atoms with E-state index in [1.807, 2.05) is 0 Å². The minimum absolute atomic E-state index is 0.173. The highest BCUT2D eigenvalue weighted by molar-refractivity contribution is 7.89. The maximum Gasteiger partial charge on any atom is 0.310 e. The van der Waals surface area contributed by atoms with Crippen LogP contribution in [-0.4, -0.2) is 45.5 Å². The fraction of sp³-hybridized carbons (Fsp3) is 0.562. The average Bonchev–Trinajstić information content (AvgIpc) is 2.55. The van der Waals surface area contributed by atoms with Gasteiger partial charge in [0.2, 0.25) is 10.0 Å². The van der Waals surface area contributed by atoms with Crippen molar-refractivity contribution in [2.24, 2.45) is 5.92 Å². The molecule has 1 aliphatic rings. The maximum absolute atomic E-state index is 12.8. The molecule has 128 valence electrons. The quantitative estimate of drug-likeness (QED) is 0.766. The van der Waals surface area contributed by atoms with Crippen molar-refractivity contribution < 1.29 is 22.7 Å². The highest BCUT2D eigenvalue weighted by atomic mass is 32.2. The van der Waals surface area contributed by atoms with Gasteiger partial charge in [-0.05, 0) is 50.5 Å². The average molecular weight is 341 g/mol. The Kier molecular flexibility index (Phi) is 5.64. The molecule has 2 rings (SSSR count). The number of carbonyl (C=O) groups is 1. The molecule has 23 heavy (non-hydrogen) atoms. The standard InChI is InChI=1S/C16H23NO5S/c1-4-22-16(18)13-6-5-9-17(11-13)23(19,20)14-7-8-15(21-3)12(2)10-14/h7-8,10,13H,4-6,9,11H2,1-3H3/t13-/m1/s1. The van der Waals surface area contributed by atoms with Crippen LogP contribution in [0.15, 0.2) is 23.1 Å². The molecule has 1 saturated heterocycles. The Morgan fingerprint density at radius 2 is 2.13 bits per heavy atom. The lowest BCUT2D eigenvalue weighted by molar-refractivity contribution is -0.149. The second-order valence-electron chi connectivity index (χ2n) is 5.59. The monoisotopic (exact) mass is 341 g/mol. The van der Waals surface area contributed by atoms with Gasteiger partial charge in [-0.1, -0.05) is 0 Å². The summed E-state index contributed by atoms with van der Waals surface area (Å²) in [5.74, 6) is -0.0665. The summed E-state index contributed by atoms with van der Waals surface area (Å²) in [6.45, 7) is 4.44. The van der Waals surface area contributed by atoms with Gasteiger partial charge in [-0.25, -0.2) is 8.42 Å². The van der Waals surface area contributed by atoms with E-state index < -0.39 is 15.9 Å². The van der Waals surface area contributed by atoms with Crippen LogP contribution >= 0.6 is 0 Å². The number of nitrogens with zero attached hydrogens (tertiary/aromatic N) is 1. The number of carbonyl (C=O) groups excluding carboxylic acids is 1. The van der Waals surface area contributed by atoms with Crippen molar-refractivity contribution >= 4 is 16.0 Å². The number of benzene rings is 1. The summed E-state index contributed by atoms with van der Waals surface area (Å²) in [7, 11) is -2.07. The molecule has 1 heterocycles. The van der Waals surface area contributed by atoms with Crippen molar-refractivity contribution in [2.45, 2.75) is 31.6 Å². The predicted octanol–water partition coefficient (Wildman–Crippen LogP) is 1.97. The van der Waals surface area contributed by atoms with Crippen molar-refractivity contribution in [3.63, 3.8) is 0 Å². The second-order valence-corrected chi connectivity index (χ2v) is 7.52. The molecule has 0 amide bonds. The summed E-state index contributed by atoms with van der Waals surface area (Å²) in [4.78, 5) is 12.1. The van der Waals surface area contributed by atoms with Crippen molar-refractivity contribution in [3.05, 3.63) is 23.8 Å². The van der Waals surface area contributed by atoms with Crippen LogP contribution < -0.4 is 4.74 Å². The molecule has 0 bridgehead atoms. The molecular weight excluding hydrogens is 318 g/mol. The molecule has 1 aromatic carbocycles. The largest absolute Gasteiger partial charge is 0.496 e. The Labute approximate surface area is 137 Å². The van der Waals surface area contributed by atoms with E-state index in [9.17, 15) is 13.2 Å². The SMILES string of the molecule is CCOC(=O)[C@@H]1CCCN(S(=O)(=O)c2ccc(OC)c(C)c2)C1. The normalized spacial score (nSPS) is 19.3. The fourth-order valence-electron chi connectivity index (χ4n) is 2.77. The van der Waals surface area contributed by atoms with Gasteiger partial charge in [-0.3, -0.25) is 4.79 Å². The number of ether oxygens (including phenoxy) is 2. The first kappa shape index (κ1) is 17.7. The zero-order chi connectivity index (χ0) is 17.0. The van der Waals surface area contributed by atoms with Gasteiger partial charge in [0.05, 0.1) is 24.5 Å². The summed E-state index contributed by atoms with van der Waals surface area (Å²) >= 11 is 0. The van der Waals surface area contributed by atoms with Gasteiger partial charge in [-0.2, -0.15) is 4.31 Å². The fourth-order valence-corrected chi connectivity index (χ4v) is 4.38. The van der Waals surface area contributed by atoms with Crippen molar-refractivity contribution in [1.29, 1.82) is 0 Å². The van der Waals surface area contributed by atoms with Gasteiger partial charge in [0.25, 0.3) is 0 Å². The van der Waals surface area contributed by atoms with Crippen molar-refractivity contribution in [2.75, 3.05) is 26.8 Å². The summed E-state index contributed by atoms with van der Waals surface area (Å²) in [5.41, 5.74) is 0.757. The maximum atomic E-state index is 12.8. The van der Waals surface area contributed by atoms with Crippen LogP contribution in [0.25, 0.3) is 0 Å². The van der Waals surface area contributed by atoms with E-state index in [4.69, 9.17) is 9.47 Å². The van der Waals surface area contributed by atoms with Crippen LogP contribution in [0.5, 0.6) is 5.75 Å². The number of aryl methyl sites for hydroxylation is 1. The van der Waals surface area contributed by atoms with Gasteiger partial charge in [0, 0.05) is 13.1 Å². The van der Waals surface area contributed by atoms with Crippen molar-refractivity contribution in [1.82, 2.24) is 4.31 Å². The molecule has 0 N–H and O–H groups in total. The third-order valence-corrected chi connectivity index (χ3v) is 5.87. The molecule has 1 atom stereocenters. The number of hydrogen-bond acceptors (Lipinski definition) is 5. The van der Waals surface area contributed by atoms with Gasteiger partial charge >= 0.3 is 5.97 Å². The van der Waals surface area contributed by atoms with E-state index in [2.05, 4.69) is 0 Å². The number of esters is 1. The topological polar surface area (TPSA) is 72.9 Å². The number of sulfonamides is 1. The highest BCUT2D eigenvalue weighted by Crippen LogP contribution is 2.27. The summed E-state index contributed by atoms with van der Waals surface area (Å²) in [6, 6.07) is 4.78. The molecule has 1 aromatic rings. The van der Waals surface area contributed by atoms with E-state index in [1.54, 1.807) is 33.1 Å². The van der Waals surface area contributed by atoms with Gasteiger partial charge in [0.1, 0.15) is 5.75 Å². The molecule has 0 aliphatic carbocycles. The number of piperidine rings is 1. The molecular formula is C16H23NO5S. The van der Waals surface area contributed by atoms with Crippen LogP contribution in [0.2, 0.25) is 0 Å². The second kappa shape index (κ2) is 7.31. The molecule has 0 spiro atoms. The van der Waals surface area contributed by atoms with Gasteiger partial charge in [0.15, 0.2) is 0 Å². The number of methoxy groups -OCH3 is 1. The molecule has 1 fully saturated rings. The highest BCUT2D eigenvalue weighted by Gasteiger charge is 2.34. The molecule has 0 radical (unpaired) electrons. The van der Waals surface area contributed by atoms with Crippen LogP contribution in [0.1, 0.15) is 25.3 Å². The molecule has 1 aliphatic heterocycles.